The van der Waals surface area contributed by atoms with Gasteiger partial charge in [-0.15, -0.1) is 11.3 Å². The number of aliphatic hydroxyl groups excluding tert-OH is 1. The molecule has 2 aliphatic rings. The summed E-state index contributed by atoms with van der Waals surface area (Å²) >= 11 is 1.39. The van der Waals surface area contributed by atoms with E-state index < -0.39 is 6.10 Å². The highest BCUT2D eigenvalue weighted by Gasteiger charge is 2.43. The van der Waals surface area contributed by atoms with Crippen molar-refractivity contribution >= 4 is 34.1 Å². The Morgan fingerprint density at radius 2 is 1.97 bits per heavy atom. The number of amides is 2. The van der Waals surface area contributed by atoms with Crippen LogP contribution in [0.4, 0.5) is 0 Å². The van der Waals surface area contributed by atoms with E-state index in [0.29, 0.717) is 42.3 Å². The highest BCUT2D eigenvalue weighted by atomic mass is 32.1. The van der Waals surface area contributed by atoms with Crippen LogP contribution in [-0.2, 0) is 0 Å². The number of fused-ring (bicyclic) bond motifs is 2. The van der Waals surface area contributed by atoms with Gasteiger partial charge < -0.3 is 20.3 Å². The molecular formula is C22H23N3O3S. The zero-order chi connectivity index (χ0) is 20.0. The molecule has 1 aliphatic heterocycles. The largest absolute Gasteiger partial charge is 0.391 e. The lowest BCUT2D eigenvalue weighted by atomic mass is 9.77. The molecular weight excluding hydrogens is 386 g/mol. The first-order chi connectivity index (χ1) is 14.1. The smallest absolute Gasteiger partial charge is 0.261 e. The van der Waals surface area contributed by atoms with Crippen molar-refractivity contribution in [3.8, 4) is 0 Å². The van der Waals surface area contributed by atoms with Gasteiger partial charge in [-0.25, -0.2) is 0 Å². The fourth-order valence-corrected chi connectivity index (χ4v) is 5.39. The lowest BCUT2D eigenvalue weighted by molar-refractivity contribution is 0.0463. The predicted molar refractivity (Wildman–Crippen MR) is 112 cm³/mol. The van der Waals surface area contributed by atoms with Crippen LogP contribution in [-0.4, -0.2) is 52.0 Å². The number of nitrogens with zero attached hydrogens (tertiary/aromatic N) is 1. The third-order valence-corrected chi connectivity index (χ3v) is 7.16. The molecule has 4 atom stereocenters. The maximum absolute atomic E-state index is 13.0. The number of nitrogens with one attached hydrogen (secondary N) is 2. The maximum atomic E-state index is 13.0. The molecule has 3 heterocycles. The SMILES string of the molecule is O=C(N[C@H]1C[C@H]2CN(C(=O)c3ccc4[nH]ccc4c3)C[C@H]2C[C@@H]1O)c1cccs1. The monoisotopic (exact) mass is 409 g/mol. The lowest BCUT2D eigenvalue weighted by Crippen LogP contribution is -2.49. The summed E-state index contributed by atoms with van der Waals surface area (Å²) in [5.74, 6) is 0.483. The minimum absolute atomic E-state index is 0.0381. The van der Waals surface area contributed by atoms with E-state index in [4.69, 9.17) is 0 Å². The molecule has 0 radical (unpaired) electrons. The molecule has 3 N–H and O–H groups in total. The number of thiophene rings is 1. The molecule has 1 aromatic carbocycles. The molecule has 1 saturated carbocycles. The number of aromatic nitrogens is 1. The Bertz CT molecular complexity index is 1040. The lowest BCUT2D eigenvalue weighted by Gasteiger charge is -2.35. The highest BCUT2D eigenvalue weighted by Crippen LogP contribution is 2.37. The van der Waals surface area contributed by atoms with Crippen LogP contribution in [0.25, 0.3) is 10.9 Å². The van der Waals surface area contributed by atoms with Gasteiger partial charge in [0.2, 0.25) is 0 Å². The summed E-state index contributed by atoms with van der Waals surface area (Å²) in [5.41, 5.74) is 1.71. The number of aliphatic hydroxyl groups is 1. The van der Waals surface area contributed by atoms with Crippen molar-refractivity contribution < 1.29 is 14.7 Å². The Hall–Kier alpha value is -2.64. The molecule has 29 heavy (non-hydrogen) atoms. The minimum Gasteiger partial charge on any atom is -0.391 e. The second-order valence-corrected chi connectivity index (χ2v) is 9.05. The van der Waals surface area contributed by atoms with Gasteiger partial charge in [0.05, 0.1) is 17.0 Å². The number of benzene rings is 1. The predicted octanol–water partition coefficient (Wildman–Crippen LogP) is 2.87. The second-order valence-electron chi connectivity index (χ2n) is 8.11. The van der Waals surface area contributed by atoms with E-state index in [1.54, 1.807) is 6.07 Å². The molecule has 0 spiro atoms. The Morgan fingerprint density at radius 1 is 1.14 bits per heavy atom. The quantitative estimate of drug-likeness (QED) is 0.622. The zero-order valence-electron chi connectivity index (χ0n) is 15.9. The van der Waals surface area contributed by atoms with Crippen LogP contribution in [0.2, 0.25) is 0 Å². The van der Waals surface area contributed by atoms with Gasteiger partial charge in [-0.05, 0) is 60.4 Å². The first-order valence-corrected chi connectivity index (χ1v) is 10.9. The molecule has 2 amide bonds. The van der Waals surface area contributed by atoms with Crippen molar-refractivity contribution in [2.75, 3.05) is 13.1 Å². The van der Waals surface area contributed by atoms with Gasteiger partial charge in [0, 0.05) is 35.8 Å². The van der Waals surface area contributed by atoms with E-state index in [-0.39, 0.29) is 23.8 Å². The molecule has 7 heteroatoms. The summed E-state index contributed by atoms with van der Waals surface area (Å²) < 4.78 is 0. The van der Waals surface area contributed by atoms with Crippen molar-refractivity contribution in [2.45, 2.75) is 25.0 Å². The molecule has 6 nitrogen and oxygen atoms in total. The topological polar surface area (TPSA) is 85.4 Å². The van der Waals surface area contributed by atoms with Crippen molar-refractivity contribution in [3.05, 3.63) is 58.4 Å². The van der Waals surface area contributed by atoms with Gasteiger partial charge in [0.1, 0.15) is 0 Å². The summed E-state index contributed by atoms with van der Waals surface area (Å²) in [6.07, 6.45) is 2.60. The number of likely N-dealkylation sites (tertiary alicyclic amines) is 1. The number of hydrogen-bond donors (Lipinski definition) is 3. The Balaban J connectivity index is 1.26. The van der Waals surface area contributed by atoms with Crippen LogP contribution in [0.15, 0.2) is 48.0 Å². The Kier molecular flexibility index (Phi) is 4.64. The number of carbonyl (C=O) groups is 2. The van der Waals surface area contributed by atoms with Crippen molar-refractivity contribution in [1.29, 1.82) is 0 Å². The van der Waals surface area contributed by atoms with Gasteiger partial charge in [0.25, 0.3) is 11.8 Å². The molecule has 2 fully saturated rings. The molecule has 3 aromatic rings. The molecule has 0 unspecified atom stereocenters. The van der Waals surface area contributed by atoms with Crippen molar-refractivity contribution in [1.82, 2.24) is 15.2 Å². The number of aromatic amines is 1. The van der Waals surface area contributed by atoms with Gasteiger partial charge in [-0.1, -0.05) is 6.07 Å². The van der Waals surface area contributed by atoms with E-state index >= 15 is 0 Å². The van der Waals surface area contributed by atoms with Crippen LogP contribution in [0.3, 0.4) is 0 Å². The molecule has 2 aromatic heterocycles. The van der Waals surface area contributed by atoms with Crippen molar-refractivity contribution in [2.24, 2.45) is 11.8 Å². The third-order valence-electron chi connectivity index (χ3n) is 6.29. The van der Waals surface area contributed by atoms with E-state index in [1.165, 1.54) is 11.3 Å². The van der Waals surface area contributed by atoms with E-state index in [2.05, 4.69) is 10.3 Å². The minimum atomic E-state index is -0.577. The molecule has 0 bridgehead atoms. The summed E-state index contributed by atoms with van der Waals surface area (Å²) in [7, 11) is 0. The zero-order valence-corrected chi connectivity index (χ0v) is 16.7. The molecule has 150 valence electrons. The Morgan fingerprint density at radius 3 is 2.76 bits per heavy atom. The van der Waals surface area contributed by atoms with E-state index in [9.17, 15) is 14.7 Å². The summed E-state index contributed by atoms with van der Waals surface area (Å²) in [4.78, 5) is 31.1. The van der Waals surface area contributed by atoms with Crippen LogP contribution in [0.1, 0.15) is 32.9 Å². The van der Waals surface area contributed by atoms with Crippen LogP contribution >= 0.6 is 11.3 Å². The summed E-state index contributed by atoms with van der Waals surface area (Å²) in [6.45, 7) is 1.34. The number of carbonyl (C=O) groups excluding carboxylic acids is 2. The first-order valence-electron chi connectivity index (χ1n) is 9.97. The fourth-order valence-electron chi connectivity index (χ4n) is 4.77. The van der Waals surface area contributed by atoms with Gasteiger partial charge >= 0.3 is 0 Å². The standard InChI is InChI=1S/C22H23N3O3S/c26-19-10-16-12-25(22(28)14-3-4-17-13(8-14)5-6-23-17)11-15(16)9-18(19)24-21(27)20-2-1-7-29-20/h1-8,15-16,18-19,23,26H,9-12H2,(H,24,27)/t15-,16+,18-,19-/m0/s1. The Labute approximate surface area is 172 Å². The average Bonchev–Trinajstić information content (AvgIpc) is 3.47. The van der Waals surface area contributed by atoms with E-state index in [1.807, 2.05) is 46.8 Å². The maximum Gasteiger partial charge on any atom is 0.261 e. The van der Waals surface area contributed by atoms with Crippen LogP contribution in [0, 0.1) is 11.8 Å². The normalized spacial score (nSPS) is 26.4. The first kappa shape index (κ1) is 18.4. The number of rotatable bonds is 3. The highest BCUT2D eigenvalue weighted by molar-refractivity contribution is 7.12. The second kappa shape index (κ2) is 7.31. The number of hydrogen-bond acceptors (Lipinski definition) is 4. The molecule has 5 rings (SSSR count). The fraction of sp³-hybridized carbons (Fsp3) is 0.364. The van der Waals surface area contributed by atoms with Crippen molar-refractivity contribution in [3.63, 3.8) is 0 Å². The van der Waals surface area contributed by atoms with Gasteiger partial charge in [-0.2, -0.15) is 0 Å². The summed E-state index contributed by atoms with van der Waals surface area (Å²) in [6, 6.07) is 11.1. The van der Waals surface area contributed by atoms with E-state index in [0.717, 1.165) is 10.9 Å². The molecule has 1 saturated heterocycles. The van der Waals surface area contributed by atoms with Gasteiger partial charge in [0.15, 0.2) is 0 Å². The molecule has 1 aliphatic carbocycles. The van der Waals surface area contributed by atoms with Crippen LogP contribution in [0.5, 0.6) is 0 Å². The number of H-pyrrole nitrogens is 1. The third kappa shape index (κ3) is 3.45. The van der Waals surface area contributed by atoms with Crippen LogP contribution < -0.4 is 5.32 Å². The van der Waals surface area contributed by atoms with Gasteiger partial charge in [-0.3, -0.25) is 9.59 Å². The average molecular weight is 410 g/mol. The summed E-state index contributed by atoms with van der Waals surface area (Å²) in [5, 5.41) is 16.5.